The van der Waals surface area contributed by atoms with Crippen LogP contribution in [0.25, 0.3) is 0 Å². The topological polar surface area (TPSA) is 84.2 Å². The third-order valence-corrected chi connectivity index (χ3v) is 3.05. The molecule has 2 rings (SSSR count). The highest BCUT2D eigenvalue weighted by molar-refractivity contribution is 6.01. The predicted molar refractivity (Wildman–Crippen MR) is 77.5 cm³/mol. The average Bonchev–Trinajstić information content (AvgIpc) is 3.02. The van der Waals surface area contributed by atoms with E-state index >= 15 is 0 Å². The second kappa shape index (κ2) is 5.59. The first kappa shape index (κ1) is 15.5. The zero-order valence-electron chi connectivity index (χ0n) is 10.9. The van der Waals surface area contributed by atoms with Crippen molar-refractivity contribution in [1.82, 2.24) is 0 Å². The maximum absolute atomic E-state index is 11.9. The van der Waals surface area contributed by atoms with E-state index in [4.69, 9.17) is 5.73 Å². The van der Waals surface area contributed by atoms with Gasteiger partial charge in [-0.25, -0.2) is 0 Å². The molecule has 104 valence electrons. The second-order valence-corrected chi connectivity index (χ2v) is 4.82. The molecule has 0 bridgehead atoms. The van der Waals surface area contributed by atoms with E-state index < -0.39 is 5.54 Å². The van der Waals surface area contributed by atoms with Crippen LogP contribution in [0.3, 0.4) is 0 Å². The molecule has 0 aromatic heterocycles. The van der Waals surface area contributed by atoms with E-state index in [0.717, 1.165) is 18.4 Å². The minimum atomic E-state index is -0.698. The van der Waals surface area contributed by atoms with E-state index in [1.807, 2.05) is 13.0 Å². The first-order valence-electron chi connectivity index (χ1n) is 5.89. The maximum Gasteiger partial charge on any atom is 0.244 e. The number of aryl methyl sites for hydroxylation is 1. The summed E-state index contributed by atoms with van der Waals surface area (Å²) in [4.78, 5) is 22.8. The summed E-state index contributed by atoms with van der Waals surface area (Å²) in [5.41, 5.74) is 7.40. The largest absolute Gasteiger partial charge is 0.326 e. The molecule has 2 amide bonds. The fourth-order valence-electron chi connectivity index (χ4n) is 1.65. The van der Waals surface area contributed by atoms with E-state index in [1.165, 1.54) is 6.92 Å². The number of nitrogens with one attached hydrogen (secondary N) is 2. The number of carbonyl (C=O) groups is 2. The Hall–Kier alpha value is -1.59. The van der Waals surface area contributed by atoms with Crippen LogP contribution in [0.5, 0.6) is 0 Å². The van der Waals surface area contributed by atoms with Crippen LogP contribution in [0, 0.1) is 6.92 Å². The number of benzene rings is 1. The van der Waals surface area contributed by atoms with Gasteiger partial charge in [0.15, 0.2) is 0 Å². The summed E-state index contributed by atoms with van der Waals surface area (Å²) < 4.78 is 0. The maximum atomic E-state index is 11.9. The van der Waals surface area contributed by atoms with Crippen LogP contribution >= 0.6 is 12.4 Å². The third-order valence-electron chi connectivity index (χ3n) is 3.05. The summed E-state index contributed by atoms with van der Waals surface area (Å²) in [5, 5.41) is 5.49. The third kappa shape index (κ3) is 3.68. The van der Waals surface area contributed by atoms with E-state index in [1.54, 1.807) is 12.1 Å². The Morgan fingerprint density at radius 3 is 2.42 bits per heavy atom. The van der Waals surface area contributed by atoms with E-state index in [-0.39, 0.29) is 24.2 Å². The van der Waals surface area contributed by atoms with Gasteiger partial charge in [0.2, 0.25) is 11.8 Å². The Balaban J connectivity index is 0.00000180. The number of carbonyl (C=O) groups excluding carboxylic acids is 2. The van der Waals surface area contributed by atoms with Crippen LogP contribution in [0.4, 0.5) is 11.4 Å². The van der Waals surface area contributed by atoms with Gasteiger partial charge in [-0.05, 0) is 37.5 Å². The van der Waals surface area contributed by atoms with Crippen LogP contribution in [0.2, 0.25) is 0 Å². The minimum absolute atomic E-state index is 0. The summed E-state index contributed by atoms with van der Waals surface area (Å²) in [6, 6.07) is 5.37. The highest BCUT2D eigenvalue weighted by atomic mass is 35.5. The fourth-order valence-corrected chi connectivity index (χ4v) is 1.65. The Morgan fingerprint density at radius 1 is 1.26 bits per heavy atom. The second-order valence-electron chi connectivity index (χ2n) is 4.82. The van der Waals surface area contributed by atoms with Crippen molar-refractivity contribution in [3.05, 3.63) is 23.8 Å². The minimum Gasteiger partial charge on any atom is -0.326 e. The standard InChI is InChI=1S/C13H17N3O2.ClH/c1-8-3-4-10(15-9(2)17)7-11(8)16-12(18)13(14)5-6-13;/h3-4,7H,5-6,14H2,1-2H3,(H,15,17)(H,16,18);1H. The molecule has 1 saturated carbocycles. The monoisotopic (exact) mass is 283 g/mol. The number of hydrogen-bond donors (Lipinski definition) is 3. The van der Waals surface area contributed by atoms with Crippen LogP contribution in [0.1, 0.15) is 25.3 Å². The first-order valence-corrected chi connectivity index (χ1v) is 5.89. The highest BCUT2D eigenvalue weighted by Gasteiger charge is 2.46. The van der Waals surface area contributed by atoms with Crippen molar-refractivity contribution < 1.29 is 9.59 Å². The molecular formula is C13H18ClN3O2. The lowest BCUT2D eigenvalue weighted by atomic mass is 10.1. The van der Waals surface area contributed by atoms with E-state index in [2.05, 4.69) is 10.6 Å². The lowest BCUT2D eigenvalue weighted by Crippen LogP contribution is -2.38. The molecule has 0 aliphatic heterocycles. The van der Waals surface area contributed by atoms with Crippen LogP contribution in [-0.4, -0.2) is 17.4 Å². The molecule has 1 aliphatic rings. The highest BCUT2D eigenvalue weighted by Crippen LogP contribution is 2.34. The van der Waals surface area contributed by atoms with Gasteiger partial charge in [0.25, 0.3) is 0 Å². The van der Waals surface area contributed by atoms with Crippen molar-refractivity contribution in [2.75, 3.05) is 10.6 Å². The molecule has 1 aromatic rings. The Bertz CT molecular complexity index is 513. The molecule has 4 N–H and O–H groups in total. The number of halogens is 1. The Kier molecular flexibility index (Phi) is 4.55. The summed E-state index contributed by atoms with van der Waals surface area (Å²) in [6.45, 7) is 3.33. The van der Waals surface area contributed by atoms with Crippen molar-refractivity contribution in [3.63, 3.8) is 0 Å². The summed E-state index contributed by atoms with van der Waals surface area (Å²) in [6.07, 6.45) is 1.45. The number of nitrogens with two attached hydrogens (primary N) is 1. The molecule has 0 unspecified atom stereocenters. The van der Waals surface area contributed by atoms with E-state index in [9.17, 15) is 9.59 Å². The summed E-state index contributed by atoms with van der Waals surface area (Å²) in [7, 11) is 0. The molecule has 6 heteroatoms. The van der Waals surface area contributed by atoms with Crippen LogP contribution in [-0.2, 0) is 9.59 Å². The normalized spacial score (nSPS) is 15.1. The molecular weight excluding hydrogens is 266 g/mol. The molecule has 1 aliphatic carbocycles. The summed E-state index contributed by atoms with van der Waals surface area (Å²) in [5.74, 6) is -0.306. The van der Waals surface area contributed by atoms with Gasteiger partial charge in [-0.15, -0.1) is 12.4 Å². The van der Waals surface area contributed by atoms with Crippen LogP contribution < -0.4 is 16.4 Å². The van der Waals surface area contributed by atoms with Crippen molar-refractivity contribution in [2.45, 2.75) is 32.2 Å². The number of anilines is 2. The smallest absolute Gasteiger partial charge is 0.244 e. The van der Waals surface area contributed by atoms with Crippen molar-refractivity contribution >= 4 is 35.6 Å². The van der Waals surface area contributed by atoms with Gasteiger partial charge in [0, 0.05) is 18.3 Å². The zero-order chi connectivity index (χ0) is 13.3. The van der Waals surface area contributed by atoms with E-state index in [0.29, 0.717) is 11.4 Å². The fraction of sp³-hybridized carbons (Fsp3) is 0.385. The van der Waals surface area contributed by atoms with Gasteiger partial charge in [-0.3, -0.25) is 9.59 Å². The zero-order valence-corrected chi connectivity index (χ0v) is 11.8. The average molecular weight is 284 g/mol. The molecule has 0 radical (unpaired) electrons. The lowest BCUT2D eigenvalue weighted by molar-refractivity contribution is -0.118. The van der Waals surface area contributed by atoms with Gasteiger partial charge in [-0.2, -0.15) is 0 Å². The molecule has 1 aromatic carbocycles. The Morgan fingerprint density at radius 2 is 1.89 bits per heavy atom. The lowest BCUT2D eigenvalue weighted by Gasteiger charge is -2.13. The van der Waals surface area contributed by atoms with Gasteiger partial charge in [0.1, 0.15) is 0 Å². The van der Waals surface area contributed by atoms with Gasteiger partial charge in [-0.1, -0.05) is 6.07 Å². The predicted octanol–water partition coefficient (Wildman–Crippen LogP) is 1.81. The van der Waals surface area contributed by atoms with Crippen molar-refractivity contribution in [1.29, 1.82) is 0 Å². The van der Waals surface area contributed by atoms with Crippen LogP contribution in [0.15, 0.2) is 18.2 Å². The number of hydrogen-bond acceptors (Lipinski definition) is 3. The van der Waals surface area contributed by atoms with Gasteiger partial charge in [0.05, 0.1) is 5.54 Å². The van der Waals surface area contributed by atoms with Crippen molar-refractivity contribution in [3.8, 4) is 0 Å². The van der Waals surface area contributed by atoms with Gasteiger partial charge >= 0.3 is 0 Å². The van der Waals surface area contributed by atoms with Crippen molar-refractivity contribution in [2.24, 2.45) is 5.73 Å². The molecule has 0 spiro atoms. The van der Waals surface area contributed by atoms with Gasteiger partial charge < -0.3 is 16.4 Å². The Labute approximate surface area is 118 Å². The molecule has 0 saturated heterocycles. The molecule has 0 heterocycles. The summed E-state index contributed by atoms with van der Waals surface area (Å²) >= 11 is 0. The first-order chi connectivity index (χ1) is 8.40. The molecule has 0 atom stereocenters. The number of rotatable bonds is 3. The number of amides is 2. The quantitative estimate of drug-likeness (QED) is 0.791. The molecule has 1 fully saturated rings. The SMILES string of the molecule is CC(=O)Nc1ccc(C)c(NC(=O)C2(N)CC2)c1.Cl. The molecule has 5 nitrogen and oxygen atoms in total. The molecule has 19 heavy (non-hydrogen) atoms.